The third-order valence-corrected chi connectivity index (χ3v) is 7.53. The normalized spacial score (nSPS) is 13.0. The van der Waals surface area contributed by atoms with Crippen molar-refractivity contribution in [2.24, 2.45) is 0 Å². The number of aromatic nitrogens is 2. The maximum Gasteiger partial charge on any atom is 0.262 e. The predicted molar refractivity (Wildman–Crippen MR) is 125 cm³/mol. The standard InChI is InChI=1S/C26H23FN2O2S/c1-15-10-11-18(12-16(15)2)21(30)14-29-23(13-17-6-3-4-8-20(17)27)28-25-24(26(29)31)19-7-5-9-22(19)32-25/h3-4,6,8,10-12H,5,7,9,13-14H2,1-2H3. The van der Waals surface area contributed by atoms with E-state index in [1.165, 1.54) is 15.5 Å². The number of carbonyl (C=O) groups excluding carboxylic acids is 1. The highest BCUT2D eigenvalue weighted by atomic mass is 32.1. The van der Waals surface area contributed by atoms with Crippen molar-refractivity contribution in [1.29, 1.82) is 0 Å². The average Bonchev–Trinajstić information content (AvgIpc) is 3.35. The lowest BCUT2D eigenvalue weighted by atomic mass is 10.0. The molecule has 1 aliphatic rings. The van der Waals surface area contributed by atoms with Gasteiger partial charge in [-0.05, 0) is 67.5 Å². The molecule has 4 nitrogen and oxygen atoms in total. The fraction of sp³-hybridized carbons (Fsp3) is 0.269. The van der Waals surface area contributed by atoms with Gasteiger partial charge in [-0.15, -0.1) is 11.3 Å². The van der Waals surface area contributed by atoms with Gasteiger partial charge in [-0.2, -0.15) is 0 Å². The number of Topliss-reactive ketones (excluding diaryl/α,β-unsaturated/α-hetero) is 1. The molecule has 1 aliphatic carbocycles. The Morgan fingerprint density at radius 2 is 1.94 bits per heavy atom. The molecule has 2 heterocycles. The summed E-state index contributed by atoms with van der Waals surface area (Å²) in [7, 11) is 0. The Kier molecular flexibility index (Phi) is 5.25. The SMILES string of the molecule is Cc1ccc(C(=O)Cn2c(Cc3ccccc3F)nc3sc4c(c3c2=O)CCC4)cc1C. The van der Waals surface area contributed by atoms with Gasteiger partial charge < -0.3 is 0 Å². The third kappa shape index (κ3) is 3.58. The van der Waals surface area contributed by atoms with Crippen molar-refractivity contribution in [3.05, 3.63) is 97.2 Å². The minimum atomic E-state index is -0.345. The number of hydrogen-bond acceptors (Lipinski definition) is 4. The van der Waals surface area contributed by atoms with Gasteiger partial charge in [0.25, 0.3) is 5.56 Å². The second-order valence-electron chi connectivity index (χ2n) is 8.45. The largest absolute Gasteiger partial charge is 0.292 e. The molecule has 0 aliphatic heterocycles. The van der Waals surface area contributed by atoms with E-state index in [0.717, 1.165) is 36.0 Å². The molecule has 2 aromatic carbocycles. The number of halogens is 1. The quantitative estimate of drug-likeness (QED) is 0.397. The first-order valence-electron chi connectivity index (χ1n) is 10.8. The van der Waals surface area contributed by atoms with E-state index in [-0.39, 0.29) is 30.1 Å². The summed E-state index contributed by atoms with van der Waals surface area (Å²) in [6.07, 6.45) is 3.01. The van der Waals surface area contributed by atoms with Crippen molar-refractivity contribution < 1.29 is 9.18 Å². The van der Waals surface area contributed by atoms with E-state index in [4.69, 9.17) is 4.98 Å². The second-order valence-corrected chi connectivity index (χ2v) is 9.53. The van der Waals surface area contributed by atoms with Gasteiger partial charge in [-0.25, -0.2) is 9.37 Å². The molecule has 6 heteroatoms. The molecule has 32 heavy (non-hydrogen) atoms. The zero-order valence-electron chi connectivity index (χ0n) is 18.1. The topological polar surface area (TPSA) is 52.0 Å². The molecule has 0 spiro atoms. The Labute approximate surface area is 189 Å². The Hall–Kier alpha value is -3.12. The van der Waals surface area contributed by atoms with Gasteiger partial charge in [0.05, 0.1) is 11.9 Å². The summed E-state index contributed by atoms with van der Waals surface area (Å²) in [5, 5.41) is 0.632. The fourth-order valence-corrected chi connectivity index (χ4v) is 5.65. The molecule has 4 aromatic rings. The van der Waals surface area contributed by atoms with Crippen LogP contribution in [0, 0.1) is 19.7 Å². The summed E-state index contributed by atoms with van der Waals surface area (Å²) < 4.78 is 15.8. The van der Waals surface area contributed by atoms with Gasteiger partial charge >= 0.3 is 0 Å². The van der Waals surface area contributed by atoms with Crippen molar-refractivity contribution in [2.45, 2.75) is 46.1 Å². The van der Waals surface area contributed by atoms with Crippen molar-refractivity contribution in [1.82, 2.24) is 9.55 Å². The van der Waals surface area contributed by atoms with Crippen molar-refractivity contribution in [2.75, 3.05) is 0 Å². The lowest BCUT2D eigenvalue weighted by Gasteiger charge is -2.13. The Balaban J connectivity index is 1.63. The van der Waals surface area contributed by atoms with Gasteiger partial charge in [0.2, 0.25) is 0 Å². The summed E-state index contributed by atoms with van der Waals surface area (Å²) in [5.74, 6) is -0.0785. The van der Waals surface area contributed by atoms with Gasteiger partial charge in [0, 0.05) is 16.9 Å². The molecule has 0 bridgehead atoms. The highest BCUT2D eigenvalue weighted by Gasteiger charge is 2.24. The monoisotopic (exact) mass is 446 g/mol. The molecule has 0 saturated heterocycles. The smallest absolute Gasteiger partial charge is 0.262 e. The molecule has 0 saturated carbocycles. The molecule has 0 fully saturated rings. The van der Waals surface area contributed by atoms with Crippen LogP contribution >= 0.6 is 11.3 Å². The van der Waals surface area contributed by atoms with Gasteiger partial charge in [0.15, 0.2) is 5.78 Å². The lowest BCUT2D eigenvalue weighted by molar-refractivity contribution is 0.0969. The second kappa shape index (κ2) is 8.10. The Bertz CT molecular complexity index is 1430. The third-order valence-electron chi connectivity index (χ3n) is 6.34. The minimum Gasteiger partial charge on any atom is -0.292 e. The molecule has 0 amide bonds. The number of hydrogen-bond donors (Lipinski definition) is 0. The summed E-state index contributed by atoms with van der Waals surface area (Å²) in [6, 6.07) is 12.0. The Morgan fingerprint density at radius 1 is 1.12 bits per heavy atom. The van der Waals surface area contributed by atoms with Crippen LogP contribution in [0.5, 0.6) is 0 Å². The minimum absolute atomic E-state index is 0.112. The van der Waals surface area contributed by atoms with E-state index < -0.39 is 0 Å². The number of thiophene rings is 1. The molecule has 0 radical (unpaired) electrons. The van der Waals surface area contributed by atoms with E-state index >= 15 is 0 Å². The number of carbonyl (C=O) groups is 1. The van der Waals surface area contributed by atoms with Crippen molar-refractivity contribution in [3.8, 4) is 0 Å². The first kappa shape index (κ1) is 20.8. The van der Waals surface area contributed by atoms with Crippen LogP contribution in [0.25, 0.3) is 10.2 Å². The number of nitrogens with zero attached hydrogens (tertiary/aromatic N) is 2. The molecule has 0 atom stereocenters. The van der Waals surface area contributed by atoms with Crippen LogP contribution in [0.4, 0.5) is 4.39 Å². The number of rotatable bonds is 5. The van der Waals surface area contributed by atoms with E-state index in [1.54, 1.807) is 35.6 Å². The summed E-state index contributed by atoms with van der Waals surface area (Å²) in [4.78, 5) is 33.4. The van der Waals surface area contributed by atoms with E-state index in [2.05, 4.69) is 0 Å². The molecule has 0 unspecified atom stereocenters. The average molecular weight is 447 g/mol. The first-order chi connectivity index (χ1) is 15.4. The van der Waals surface area contributed by atoms with Crippen LogP contribution in [0.3, 0.4) is 0 Å². The maximum absolute atomic E-state index is 14.4. The molecule has 5 rings (SSSR count). The van der Waals surface area contributed by atoms with Gasteiger partial charge in [-0.3, -0.25) is 14.2 Å². The summed E-state index contributed by atoms with van der Waals surface area (Å²) >= 11 is 1.55. The maximum atomic E-state index is 14.4. The lowest BCUT2D eigenvalue weighted by Crippen LogP contribution is -2.29. The van der Waals surface area contributed by atoms with E-state index in [1.807, 2.05) is 26.0 Å². The number of fused-ring (bicyclic) bond motifs is 3. The molecular formula is C26H23FN2O2S. The predicted octanol–water partition coefficient (Wildman–Crippen LogP) is 5.18. The molecule has 0 N–H and O–H groups in total. The van der Waals surface area contributed by atoms with Crippen LogP contribution in [-0.2, 0) is 25.8 Å². The van der Waals surface area contributed by atoms with Crippen LogP contribution in [0.2, 0.25) is 0 Å². The van der Waals surface area contributed by atoms with Crippen LogP contribution in [0.1, 0.15) is 49.7 Å². The zero-order chi connectivity index (χ0) is 22.4. The zero-order valence-corrected chi connectivity index (χ0v) is 18.9. The highest BCUT2D eigenvalue weighted by molar-refractivity contribution is 7.18. The summed E-state index contributed by atoms with van der Waals surface area (Å²) in [6.45, 7) is 3.85. The van der Waals surface area contributed by atoms with Crippen molar-refractivity contribution in [3.63, 3.8) is 0 Å². The number of benzene rings is 2. The number of aryl methyl sites for hydroxylation is 4. The Morgan fingerprint density at radius 3 is 2.72 bits per heavy atom. The van der Waals surface area contributed by atoms with Crippen molar-refractivity contribution >= 4 is 27.3 Å². The van der Waals surface area contributed by atoms with Crippen LogP contribution in [-0.4, -0.2) is 15.3 Å². The van der Waals surface area contributed by atoms with Gasteiger partial charge in [0.1, 0.15) is 16.5 Å². The van der Waals surface area contributed by atoms with E-state index in [0.29, 0.717) is 27.2 Å². The van der Waals surface area contributed by atoms with E-state index in [9.17, 15) is 14.0 Å². The molecule has 2 aromatic heterocycles. The fourth-order valence-electron chi connectivity index (χ4n) is 4.38. The first-order valence-corrected chi connectivity index (χ1v) is 11.6. The van der Waals surface area contributed by atoms with Crippen LogP contribution < -0.4 is 5.56 Å². The number of ketones is 1. The van der Waals surface area contributed by atoms with Gasteiger partial charge in [-0.1, -0.05) is 30.3 Å². The molecular weight excluding hydrogens is 423 g/mol. The van der Waals surface area contributed by atoms with Crippen LogP contribution in [0.15, 0.2) is 47.3 Å². The highest BCUT2D eigenvalue weighted by Crippen LogP contribution is 2.35. The molecule has 162 valence electrons. The summed E-state index contributed by atoms with van der Waals surface area (Å²) in [5.41, 5.74) is 4.03.